The molecule has 0 radical (unpaired) electrons. The summed E-state index contributed by atoms with van der Waals surface area (Å²) in [6.45, 7) is 3.21. The second kappa shape index (κ2) is 6.83. The predicted octanol–water partition coefficient (Wildman–Crippen LogP) is 2.36. The third-order valence-corrected chi connectivity index (χ3v) is 4.34. The van der Waals surface area contributed by atoms with E-state index in [1.165, 1.54) is 0 Å². The van der Waals surface area contributed by atoms with Crippen molar-refractivity contribution in [3.05, 3.63) is 22.2 Å². The van der Waals surface area contributed by atoms with Crippen molar-refractivity contribution in [3.8, 4) is 0 Å². The van der Waals surface area contributed by atoms with Crippen molar-refractivity contribution in [3.63, 3.8) is 0 Å². The number of piperidine rings is 1. The lowest BCUT2D eigenvalue weighted by molar-refractivity contribution is -0.121. The molecule has 0 bridgehead atoms. The Bertz CT molecular complexity index is 508. The van der Waals surface area contributed by atoms with Gasteiger partial charge >= 0.3 is 0 Å². The molecule has 1 unspecified atom stereocenters. The van der Waals surface area contributed by atoms with E-state index in [4.69, 9.17) is 28.9 Å². The van der Waals surface area contributed by atoms with Gasteiger partial charge < -0.3 is 16.2 Å². The zero-order valence-electron chi connectivity index (χ0n) is 11.8. The summed E-state index contributed by atoms with van der Waals surface area (Å²) in [6, 6.07) is 2.78. The first-order chi connectivity index (χ1) is 9.88. The third-order valence-electron chi connectivity index (χ3n) is 3.74. The lowest BCUT2D eigenvalue weighted by Gasteiger charge is -2.33. The number of nitrogen functional groups attached to an aromatic ring is 1. The number of likely N-dealkylation sites (tertiary alicyclic amines) is 1. The minimum Gasteiger partial charge on any atom is -0.399 e. The number of amides is 1. The van der Waals surface area contributed by atoms with Crippen LogP contribution in [0.1, 0.15) is 19.8 Å². The highest BCUT2D eigenvalue weighted by Gasteiger charge is 2.26. The van der Waals surface area contributed by atoms with Gasteiger partial charge in [0.15, 0.2) is 0 Å². The average molecular weight is 332 g/mol. The molecule has 2 rings (SSSR count). The summed E-state index contributed by atoms with van der Waals surface area (Å²) in [7, 11) is 0. The lowest BCUT2D eigenvalue weighted by Crippen LogP contribution is -2.47. The van der Waals surface area contributed by atoms with E-state index in [2.05, 4.69) is 5.32 Å². The van der Waals surface area contributed by atoms with E-state index in [9.17, 15) is 9.90 Å². The molecule has 1 fully saturated rings. The summed E-state index contributed by atoms with van der Waals surface area (Å²) in [4.78, 5) is 14.3. The first-order valence-electron chi connectivity index (χ1n) is 6.86. The molecule has 1 aliphatic heterocycles. The van der Waals surface area contributed by atoms with Crippen LogP contribution in [-0.4, -0.2) is 41.1 Å². The number of nitrogens with one attached hydrogen (secondary N) is 1. The average Bonchev–Trinajstić information content (AvgIpc) is 2.42. The van der Waals surface area contributed by atoms with Gasteiger partial charge in [-0.1, -0.05) is 23.2 Å². The Balaban J connectivity index is 2.04. The van der Waals surface area contributed by atoms with Crippen molar-refractivity contribution in [1.29, 1.82) is 0 Å². The molecule has 0 aliphatic carbocycles. The number of hydrogen-bond acceptors (Lipinski definition) is 4. The summed E-state index contributed by atoms with van der Waals surface area (Å²) in [6.07, 6.45) is 1.10. The molecule has 7 heteroatoms. The second-order valence-corrected chi connectivity index (χ2v) is 6.11. The standard InChI is InChI=1S/C14H19Cl2N3O2/c1-8(19-4-2-10(20)3-5-19)14(21)18-13-11(15)6-9(17)7-12(13)16/h6-8,10,20H,2-5,17H2,1H3,(H,18,21). The molecule has 1 heterocycles. The SMILES string of the molecule is CC(C(=O)Nc1c(Cl)cc(N)cc1Cl)N1CCC(O)CC1. The number of nitrogens with zero attached hydrogens (tertiary/aromatic N) is 1. The molecule has 0 spiro atoms. The van der Waals surface area contributed by atoms with Crippen LogP contribution >= 0.6 is 23.2 Å². The first-order valence-corrected chi connectivity index (χ1v) is 7.61. The quantitative estimate of drug-likeness (QED) is 0.743. The molecule has 1 aliphatic rings. The summed E-state index contributed by atoms with van der Waals surface area (Å²) in [5.74, 6) is -0.181. The molecule has 1 aromatic rings. The number of aliphatic hydroxyl groups excluding tert-OH is 1. The van der Waals surface area contributed by atoms with Crippen LogP contribution in [0.25, 0.3) is 0 Å². The van der Waals surface area contributed by atoms with Gasteiger partial charge in [0.1, 0.15) is 0 Å². The number of halogens is 2. The molecule has 1 saturated heterocycles. The summed E-state index contributed by atoms with van der Waals surface area (Å²) in [5.41, 5.74) is 6.46. The van der Waals surface area contributed by atoms with Gasteiger partial charge in [-0.15, -0.1) is 0 Å². The Morgan fingerprint density at radius 3 is 2.43 bits per heavy atom. The smallest absolute Gasteiger partial charge is 0.241 e. The number of nitrogens with two attached hydrogens (primary N) is 1. The third kappa shape index (κ3) is 4.01. The molecule has 1 aromatic carbocycles. The van der Waals surface area contributed by atoms with Gasteiger partial charge in [0.2, 0.25) is 5.91 Å². The fourth-order valence-corrected chi connectivity index (χ4v) is 2.98. The topological polar surface area (TPSA) is 78.6 Å². The van der Waals surface area contributed by atoms with Crippen LogP contribution in [-0.2, 0) is 4.79 Å². The largest absolute Gasteiger partial charge is 0.399 e. The van der Waals surface area contributed by atoms with Gasteiger partial charge in [0.25, 0.3) is 0 Å². The lowest BCUT2D eigenvalue weighted by atomic mass is 10.1. The van der Waals surface area contributed by atoms with Crippen molar-refractivity contribution in [2.24, 2.45) is 0 Å². The van der Waals surface area contributed by atoms with Crippen LogP contribution in [0.3, 0.4) is 0 Å². The van der Waals surface area contributed by atoms with Gasteiger partial charge in [-0.2, -0.15) is 0 Å². The summed E-state index contributed by atoms with van der Waals surface area (Å²) in [5, 5.41) is 12.9. The van der Waals surface area contributed by atoms with E-state index >= 15 is 0 Å². The van der Waals surface area contributed by atoms with Gasteiger partial charge in [-0.25, -0.2) is 0 Å². The van der Waals surface area contributed by atoms with Crippen molar-refractivity contribution >= 4 is 40.5 Å². The Labute approximate surface area is 134 Å². The highest BCUT2D eigenvalue weighted by atomic mass is 35.5. The molecule has 0 saturated carbocycles. The number of anilines is 2. The molecule has 0 aromatic heterocycles. The van der Waals surface area contributed by atoms with E-state index < -0.39 is 0 Å². The van der Waals surface area contributed by atoms with Crippen LogP contribution in [0.5, 0.6) is 0 Å². The Hall–Kier alpha value is -1.01. The van der Waals surface area contributed by atoms with Crippen LogP contribution in [0.15, 0.2) is 12.1 Å². The number of hydrogen-bond donors (Lipinski definition) is 3. The molecular weight excluding hydrogens is 313 g/mol. The minimum absolute atomic E-state index is 0.181. The number of benzene rings is 1. The van der Waals surface area contributed by atoms with Gasteiger partial charge in [-0.3, -0.25) is 9.69 Å². The van der Waals surface area contributed by atoms with Crippen LogP contribution < -0.4 is 11.1 Å². The molecule has 116 valence electrons. The van der Waals surface area contributed by atoms with E-state index in [1.807, 2.05) is 11.8 Å². The zero-order chi connectivity index (χ0) is 15.6. The maximum Gasteiger partial charge on any atom is 0.241 e. The van der Waals surface area contributed by atoms with E-state index in [-0.39, 0.29) is 18.1 Å². The van der Waals surface area contributed by atoms with Crippen molar-refractivity contribution in [2.75, 3.05) is 24.1 Å². The van der Waals surface area contributed by atoms with Gasteiger partial charge in [0, 0.05) is 18.8 Å². The number of rotatable bonds is 3. The molecular formula is C14H19Cl2N3O2. The van der Waals surface area contributed by atoms with Crippen molar-refractivity contribution < 1.29 is 9.90 Å². The van der Waals surface area contributed by atoms with Crippen molar-refractivity contribution in [2.45, 2.75) is 31.9 Å². The van der Waals surface area contributed by atoms with Gasteiger partial charge in [0.05, 0.1) is 27.9 Å². The van der Waals surface area contributed by atoms with Gasteiger partial charge in [-0.05, 0) is 31.9 Å². The molecule has 1 atom stereocenters. The normalized spacial score (nSPS) is 18.5. The fraction of sp³-hybridized carbons (Fsp3) is 0.500. The predicted molar refractivity (Wildman–Crippen MR) is 85.8 cm³/mol. The second-order valence-electron chi connectivity index (χ2n) is 5.29. The minimum atomic E-state index is -0.317. The van der Waals surface area contributed by atoms with E-state index in [0.29, 0.717) is 47.4 Å². The maximum absolute atomic E-state index is 12.3. The highest BCUT2D eigenvalue weighted by molar-refractivity contribution is 6.40. The first kappa shape index (κ1) is 16.4. The van der Waals surface area contributed by atoms with Crippen LogP contribution in [0.2, 0.25) is 10.0 Å². The zero-order valence-corrected chi connectivity index (χ0v) is 13.3. The summed E-state index contributed by atoms with van der Waals surface area (Å²) >= 11 is 12.1. The monoisotopic (exact) mass is 331 g/mol. The molecule has 5 nitrogen and oxygen atoms in total. The van der Waals surface area contributed by atoms with Crippen LogP contribution in [0.4, 0.5) is 11.4 Å². The van der Waals surface area contributed by atoms with Crippen LogP contribution in [0, 0.1) is 0 Å². The Kier molecular flexibility index (Phi) is 5.32. The number of aliphatic hydroxyl groups is 1. The number of carbonyl (C=O) groups is 1. The summed E-state index contributed by atoms with van der Waals surface area (Å²) < 4.78 is 0. The fourth-order valence-electron chi connectivity index (χ4n) is 2.38. The number of carbonyl (C=O) groups excluding carboxylic acids is 1. The Morgan fingerprint density at radius 2 is 1.90 bits per heavy atom. The van der Waals surface area contributed by atoms with E-state index in [1.54, 1.807) is 12.1 Å². The molecule has 4 N–H and O–H groups in total. The molecule has 21 heavy (non-hydrogen) atoms. The molecule has 1 amide bonds. The Morgan fingerprint density at radius 1 is 1.38 bits per heavy atom. The van der Waals surface area contributed by atoms with E-state index in [0.717, 1.165) is 0 Å². The van der Waals surface area contributed by atoms with Crippen molar-refractivity contribution in [1.82, 2.24) is 4.90 Å². The maximum atomic E-state index is 12.3. The highest BCUT2D eigenvalue weighted by Crippen LogP contribution is 2.33.